The fourth-order valence-electron chi connectivity index (χ4n) is 3.70. The Morgan fingerprint density at radius 1 is 1.05 bits per heavy atom. The molecule has 6 nitrogen and oxygen atoms in total. The number of rotatable bonds is 8. The predicted octanol–water partition coefficient (Wildman–Crippen LogP) is 5.80. The van der Waals surface area contributed by atoms with E-state index >= 15 is 0 Å². The van der Waals surface area contributed by atoms with Gasteiger partial charge in [-0.2, -0.15) is 0 Å². The summed E-state index contributed by atoms with van der Waals surface area (Å²) in [4.78, 5) is 19.0. The van der Waals surface area contributed by atoms with Crippen molar-refractivity contribution >= 4 is 29.3 Å². The highest BCUT2D eigenvalue weighted by atomic mass is 35.5. The van der Waals surface area contributed by atoms with Crippen LogP contribution in [0.1, 0.15) is 29.3 Å². The number of carbonyl (C=O) groups is 1. The van der Waals surface area contributed by atoms with Gasteiger partial charge in [-0.1, -0.05) is 41.9 Å². The number of nitrogen functional groups attached to an aromatic ring is 1. The molecule has 0 aliphatic rings. The lowest BCUT2D eigenvalue weighted by atomic mass is 9.99. The molecule has 0 aliphatic heterocycles. The van der Waals surface area contributed by atoms with Gasteiger partial charge in [0.25, 0.3) is 0 Å². The summed E-state index contributed by atoms with van der Waals surface area (Å²) >= 11 is 5.95. The van der Waals surface area contributed by atoms with E-state index in [0.717, 1.165) is 11.6 Å². The maximum absolute atomic E-state index is 13.5. The summed E-state index contributed by atoms with van der Waals surface area (Å²) in [6, 6.07) is 17.6. The number of nitrogens with zero attached hydrogens (tertiary/aromatic N) is 2. The van der Waals surface area contributed by atoms with Gasteiger partial charge in [0.2, 0.25) is 0 Å². The van der Waals surface area contributed by atoms with E-state index in [0.29, 0.717) is 45.9 Å². The van der Waals surface area contributed by atoms with Gasteiger partial charge in [-0.15, -0.1) is 0 Å². The highest BCUT2D eigenvalue weighted by Crippen LogP contribution is 2.28. The zero-order valence-electron chi connectivity index (χ0n) is 20.1. The second kappa shape index (κ2) is 13.3. The van der Waals surface area contributed by atoms with Crippen molar-refractivity contribution < 1.29 is 13.6 Å². The molecule has 0 saturated heterocycles. The smallest absolute Gasteiger partial charge is 0.126 e. The molecule has 4 N–H and O–H groups in total. The maximum atomic E-state index is 13.5. The molecule has 1 atom stereocenters. The van der Waals surface area contributed by atoms with Crippen molar-refractivity contribution in [2.45, 2.75) is 18.9 Å². The molecule has 9 heteroatoms. The molecular weight excluding hydrogens is 496 g/mol. The number of nitrogens with one attached hydrogen (secondary N) is 2. The Kier molecular flexibility index (Phi) is 9.94. The van der Waals surface area contributed by atoms with Crippen molar-refractivity contribution in [3.63, 3.8) is 0 Å². The predicted molar refractivity (Wildman–Crippen MR) is 143 cm³/mol. The van der Waals surface area contributed by atoms with Crippen LogP contribution >= 0.6 is 11.6 Å². The lowest BCUT2D eigenvalue weighted by molar-refractivity contribution is -0.106. The van der Waals surface area contributed by atoms with Gasteiger partial charge in [-0.3, -0.25) is 9.97 Å². The summed E-state index contributed by atoms with van der Waals surface area (Å²) in [6.45, 7) is 0. The van der Waals surface area contributed by atoms with Crippen LogP contribution in [0, 0.1) is 17.0 Å². The Morgan fingerprint density at radius 3 is 2.32 bits per heavy atom. The molecule has 190 valence electrons. The average molecular weight is 522 g/mol. The van der Waals surface area contributed by atoms with Gasteiger partial charge in [-0.25, -0.2) is 8.78 Å². The van der Waals surface area contributed by atoms with Crippen molar-refractivity contribution in [2.24, 2.45) is 0 Å². The number of hydrogen-bond acceptors (Lipinski definition) is 6. The lowest BCUT2D eigenvalue weighted by Gasteiger charge is -2.18. The van der Waals surface area contributed by atoms with E-state index in [2.05, 4.69) is 15.3 Å². The maximum Gasteiger partial charge on any atom is 0.126 e. The van der Waals surface area contributed by atoms with Crippen LogP contribution in [0.3, 0.4) is 0 Å². The van der Waals surface area contributed by atoms with Crippen molar-refractivity contribution in [2.75, 3.05) is 12.8 Å². The largest absolute Gasteiger partial charge is 0.398 e. The summed E-state index contributed by atoms with van der Waals surface area (Å²) in [7, 11) is 1.78. The minimum atomic E-state index is -0.595. The molecule has 1 heterocycles. The van der Waals surface area contributed by atoms with Crippen LogP contribution in [0.25, 0.3) is 11.3 Å². The highest BCUT2D eigenvalue weighted by Gasteiger charge is 2.18. The Morgan fingerprint density at radius 2 is 1.70 bits per heavy atom. The highest BCUT2D eigenvalue weighted by molar-refractivity contribution is 6.30. The molecule has 0 saturated carbocycles. The number of likely N-dealkylation sites (N-methyl/N-ethyl adjacent to an activating group) is 1. The molecule has 4 rings (SSSR count). The second-order valence-electron chi connectivity index (χ2n) is 8.06. The van der Waals surface area contributed by atoms with Crippen LogP contribution in [0.2, 0.25) is 5.02 Å². The molecule has 0 aliphatic carbocycles. The normalized spacial score (nSPS) is 11.2. The third-order valence-corrected chi connectivity index (χ3v) is 5.71. The molecule has 0 spiro atoms. The first-order valence-corrected chi connectivity index (χ1v) is 11.7. The molecule has 4 aromatic rings. The minimum Gasteiger partial charge on any atom is -0.398 e. The van der Waals surface area contributed by atoms with Gasteiger partial charge in [0.15, 0.2) is 0 Å². The third-order valence-electron chi connectivity index (χ3n) is 5.46. The van der Waals surface area contributed by atoms with Gasteiger partial charge in [0.1, 0.15) is 17.9 Å². The van der Waals surface area contributed by atoms with Crippen LogP contribution in [0.4, 0.5) is 14.5 Å². The quantitative estimate of drug-likeness (QED) is 0.154. The van der Waals surface area contributed by atoms with E-state index in [1.807, 2.05) is 12.1 Å². The second-order valence-corrected chi connectivity index (χ2v) is 8.49. The number of aldehydes is 1. The van der Waals surface area contributed by atoms with Crippen LogP contribution in [-0.2, 0) is 11.2 Å². The molecule has 3 aromatic carbocycles. The average Bonchev–Trinajstić information content (AvgIpc) is 2.88. The topological polar surface area (TPSA) is 105 Å². The summed E-state index contributed by atoms with van der Waals surface area (Å²) in [5.41, 5.74) is 9.88. The van der Waals surface area contributed by atoms with Crippen molar-refractivity contribution in [3.05, 3.63) is 113 Å². The van der Waals surface area contributed by atoms with Crippen LogP contribution in [0.15, 0.2) is 79.1 Å². The molecule has 1 aromatic heterocycles. The minimum absolute atomic E-state index is 0.119. The Balaban J connectivity index is 0.000000266. The Labute approximate surface area is 219 Å². The number of halogens is 3. The summed E-state index contributed by atoms with van der Waals surface area (Å²) in [5, 5.41) is 11.2. The van der Waals surface area contributed by atoms with E-state index in [9.17, 15) is 13.6 Å². The number of hydrogen-bond donors (Lipinski definition) is 3. The lowest BCUT2D eigenvalue weighted by Crippen LogP contribution is -2.21. The van der Waals surface area contributed by atoms with Crippen LogP contribution < -0.4 is 11.1 Å². The number of carbonyl (C=O) groups excluding carboxylic acids is 1. The zero-order valence-corrected chi connectivity index (χ0v) is 20.8. The van der Waals surface area contributed by atoms with Gasteiger partial charge < -0.3 is 21.3 Å². The Hall–Kier alpha value is -4.01. The van der Waals surface area contributed by atoms with Crippen molar-refractivity contribution in [1.82, 2.24) is 15.3 Å². The standard InChI is InChI=1S/C19H16ClF2N3.C9H10N2O/c1-23-17(10-12-8-15(21)11-16(22)9-12)19-18(24-6-7-25-19)13-2-4-14(20)5-3-13;10-8-4-2-1-3-7(8)9(11)5-6-12/h2-9,11,17,23H,10H2,1H3;1-4,6,11H,5,10H2. The van der Waals surface area contributed by atoms with E-state index < -0.39 is 11.6 Å². The van der Waals surface area contributed by atoms with Gasteiger partial charge in [-0.05, 0) is 49.4 Å². The first kappa shape index (κ1) is 27.6. The van der Waals surface area contributed by atoms with Gasteiger partial charge >= 0.3 is 0 Å². The summed E-state index contributed by atoms with van der Waals surface area (Å²) < 4.78 is 26.9. The van der Waals surface area contributed by atoms with E-state index in [4.69, 9.17) is 22.7 Å². The third kappa shape index (κ3) is 7.73. The van der Waals surface area contributed by atoms with E-state index in [-0.39, 0.29) is 18.2 Å². The number of aromatic nitrogens is 2. The molecule has 0 radical (unpaired) electrons. The molecule has 37 heavy (non-hydrogen) atoms. The fourth-order valence-corrected chi connectivity index (χ4v) is 3.83. The first-order chi connectivity index (χ1) is 17.8. The number of benzene rings is 3. The molecule has 1 unspecified atom stereocenters. The molecule has 0 amide bonds. The summed E-state index contributed by atoms with van der Waals surface area (Å²) in [5.74, 6) is -1.19. The van der Waals surface area contributed by atoms with Crippen LogP contribution in [-0.4, -0.2) is 29.0 Å². The van der Waals surface area contributed by atoms with Crippen LogP contribution in [0.5, 0.6) is 0 Å². The summed E-state index contributed by atoms with van der Waals surface area (Å²) in [6.07, 6.45) is 4.42. The van der Waals surface area contributed by atoms with E-state index in [1.54, 1.807) is 55.8 Å². The number of para-hydroxylation sites is 1. The Bertz CT molecular complexity index is 1340. The van der Waals surface area contributed by atoms with E-state index in [1.165, 1.54) is 12.1 Å². The number of nitrogens with two attached hydrogens (primary N) is 1. The number of anilines is 1. The molecule has 0 bridgehead atoms. The van der Waals surface area contributed by atoms with Crippen molar-refractivity contribution in [3.8, 4) is 11.3 Å². The monoisotopic (exact) mass is 521 g/mol. The molecular formula is C28H26ClF2N5O. The first-order valence-electron chi connectivity index (χ1n) is 11.4. The SMILES string of the molecule is CNC(Cc1cc(F)cc(F)c1)c1nccnc1-c1ccc(Cl)cc1.N=C(CC=O)c1ccccc1N. The van der Waals surface area contributed by atoms with Crippen molar-refractivity contribution in [1.29, 1.82) is 5.41 Å². The van der Waals surface area contributed by atoms with Gasteiger partial charge in [0.05, 0.1) is 17.4 Å². The zero-order chi connectivity index (χ0) is 26.8. The fraction of sp³-hybridized carbons (Fsp3) is 0.143. The van der Waals surface area contributed by atoms with Gasteiger partial charge in [0, 0.05) is 52.4 Å². The molecule has 0 fully saturated rings.